The molecule has 0 fully saturated rings. The molecule has 2 aromatic rings. The van der Waals surface area contributed by atoms with Crippen LogP contribution in [-0.4, -0.2) is 22.9 Å². The second-order valence-corrected chi connectivity index (χ2v) is 5.45. The number of carbonyl (C=O) groups excluding carboxylic acids is 2. The van der Waals surface area contributed by atoms with Crippen molar-refractivity contribution in [1.82, 2.24) is 0 Å². The average molecular weight is 326 g/mol. The molecule has 0 saturated heterocycles. The van der Waals surface area contributed by atoms with E-state index >= 15 is 0 Å². The van der Waals surface area contributed by atoms with Crippen LogP contribution < -0.4 is 5.32 Å². The first-order chi connectivity index (χ1) is 11.5. The summed E-state index contributed by atoms with van der Waals surface area (Å²) in [4.78, 5) is 34.8. The molecule has 1 atom stereocenters. The molecule has 0 aliphatic carbocycles. The summed E-state index contributed by atoms with van der Waals surface area (Å²) < 4.78 is 5.18. The Kier molecular flexibility index (Phi) is 3.99. The van der Waals surface area contributed by atoms with E-state index in [0.29, 0.717) is 16.8 Å². The number of hydrogen-bond acceptors (Lipinski definition) is 5. The van der Waals surface area contributed by atoms with E-state index in [4.69, 9.17) is 4.74 Å². The summed E-state index contributed by atoms with van der Waals surface area (Å²) in [6.07, 6.45) is -0.701. The van der Waals surface area contributed by atoms with Gasteiger partial charge in [-0.05, 0) is 24.6 Å². The third-order valence-corrected chi connectivity index (χ3v) is 3.94. The Morgan fingerprint density at radius 2 is 2.00 bits per heavy atom. The number of amides is 1. The Morgan fingerprint density at radius 1 is 1.25 bits per heavy atom. The molecule has 1 amide bonds. The first-order valence-corrected chi connectivity index (χ1v) is 7.31. The van der Waals surface area contributed by atoms with Crippen LogP contribution in [0.2, 0.25) is 0 Å². The maximum atomic E-state index is 12.4. The van der Waals surface area contributed by atoms with Crippen LogP contribution in [0.4, 0.5) is 11.4 Å². The summed E-state index contributed by atoms with van der Waals surface area (Å²) in [5.74, 6) is -1.06. The molecule has 1 N–H and O–H groups in total. The average Bonchev–Trinajstić information content (AvgIpc) is 2.56. The maximum Gasteiger partial charge on any atom is 0.339 e. The smallest absolute Gasteiger partial charge is 0.339 e. The van der Waals surface area contributed by atoms with Crippen LogP contribution in [0.5, 0.6) is 0 Å². The van der Waals surface area contributed by atoms with Gasteiger partial charge in [-0.1, -0.05) is 24.3 Å². The Labute approximate surface area is 137 Å². The second-order valence-electron chi connectivity index (χ2n) is 5.45. The van der Waals surface area contributed by atoms with Crippen molar-refractivity contribution in [3.63, 3.8) is 0 Å². The Bertz CT molecular complexity index is 847. The van der Waals surface area contributed by atoms with Crippen LogP contribution in [0.15, 0.2) is 42.5 Å². The van der Waals surface area contributed by atoms with Gasteiger partial charge in [-0.2, -0.15) is 0 Å². The number of anilines is 1. The van der Waals surface area contributed by atoms with Crippen molar-refractivity contribution in [2.24, 2.45) is 0 Å². The van der Waals surface area contributed by atoms with Crippen LogP contribution in [0.3, 0.4) is 0 Å². The molecule has 2 aromatic carbocycles. The number of rotatable bonds is 3. The second kappa shape index (κ2) is 6.11. The fourth-order valence-corrected chi connectivity index (χ4v) is 2.65. The number of nitro benzene ring substituents is 1. The number of carbonyl (C=O) groups is 2. The van der Waals surface area contributed by atoms with Gasteiger partial charge in [-0.3, -0.25) is 14.9 Å². The molecule has 0 aromatic heterocycles. The fourth-order valence-electron chi connectivity index (χ4n) is 2.65. The lowest BCUT2D eigenvalue weighted by molar-refractivity contribution is -0.385. The molecular weight excluding hydrogens is 312 g/mol. The van der Waals surface area contributed by atoms with Gasteiger partial charge in [-0.25, -0.2) is 4.79 Å². The molecule has 0 radical (unpaired) electrons. The van der Waals surface area contributed by atoms with Crippen LogP contribution in [0.25, 0.3) is 0 Å². The third kappa shape index (κ3) is 2.83. The number of nitrogens with one attached hydrogen (secondary N) is 1. The number of nitrogens with zero attached hydrogens (tertiary/aromatic N) is 1. The fraction of sp³-hybridized carbons (Fsp3) is 0.176. The van der Waals surface area contributed by atoms with E-state index in [9.17, 15) is 19.7 Å². The van der Waals surface area contributed by atoms with Crippen LogP contribution in [-0.2, 0) is 16.0 Å². The molecule has 7 nitrogen and oxygen atoms in total. The molecule has 1 aliphatic rings. The number of ether oxygens (including phenoxy) is 1. The van der Waals surface area contributed by atoms with Crippen molar-refractivity contribution in [2.45, 2.75) is 19.4 Å². The van der Waals surface area contributed by atoms with Crippen molar-refractivity contribution in [3.05, 3.63) is 69.3 Å². The van der Waals surface area contributed by atoms with Gasteiger partial charge in [0.05, 0.1) is 21.7 Å². The molecule has 0 spiro atoms. The molecule has 1 aliphatic heterocycles. The molecule has 0 bridgehead atoms. The Hall–Kier alpha value is -3.22. The van der Waals surface area contributed by atoms with Gasteiger partial charge in [0.1, 0.15) is 0 Å². The SMILES string of the molecule is Cc1c(NC(=O)C2Cc3ccccc3C(=O)O2)cccc1[N+](=O)[O-]. The summed E-state index contributed by atoms with van der Waals surface area (Å²) in [6.45, 7) is 1.55. The minimum atomic E-state index is -0.967. The molecule has 122 valence electrons. The van der Waals surface area contributed by atoms with Crippen molar-refractivity contribution in [2.75, 3.05) is 5.32 Å². The number of nitro groups is 1. The number of cyclic esters (lactones) is 1. The lowest BCUT2D eigenvalue weighted by Gasteiger charge is -2.24. The highest BCUT2D eigenvalue weighted by molar-refractivity contribution is 6.00. The molecule has 7 heteroatoms. The van der Waals surface area contributed by atoms with Crippen molar-refractivity contribution in [3.8, 4) is 0 Å². The third-order valence-electron chi connectivity index (χ3n) is 3.94. The van der Waals surface area contributed by atoms with E-state index in [1.807, 2.05) is 0 Å². The normalized spacial score (nSPS) is 16.0. The zero-order valence-corrected chi connectivity index (χ0v) is 12.8. The van der Waals surface area contributed by atoms with Gasteiger partial charge in [0.2, 0.25) is 0 Å². The molecular formula is C17H14N2O5. The van der Waals surface area contributed by atoms with Crippen molar-refractivity contribution in [1.29, 1.82) is 0 Å². The largest absolute Gasteiger partial charge is 0.448 e. The van der Waals surface area contributed by atoms with E-state index in [1.165, 1.54) is 12.1 Å². The number of hydrogen-bond donors (Lipinski definition) is 1. The summed E-state index contributed by atoms with van der Waals surface area (Å²) >= 11 is 0. The van der Waals surface area contributed by atoms with Gasteiger partial charge < -0.3 is 10.1 Å². The van der Waals surface area contributed by atoms with E-state index in [-0.39, 0.29) is 12.1 Å². The van der Waals surface area contributed by atoms with Gasteiger partial charge in [0.25, 0.3) is 11.6 Å². The monoisotopic (exact) mass is 326 g/mol. The zero-order chi connectivity index (χ0) is 17.3. The first kappa shape index (κ1) is 15.7. The lowest BCUT2D eigenvalue weighted by atomic mass is 9.98. The summed E-state index contributed by atoms with van der Waals surface area (Å²) in [7, 11) is 0. The van der Waals surface area contributed by atoms with Crippen LogP contribution >= 0.6 is 0 Å². The van der Waals surface area contributed by atoms with Crippen molar-refractivity contribution < 1.29 is 19.2 Å². The predicted octanol–water partition coefficient (Wildman–Crippen LogP) is 2.62. The minimum Gasteiger partial charge on any atom is -0.448 e. The first-order valence-electron chi connectivity index (χ1n) is 7.31. The Balaban J connectivity index is 1.81. The summed E-state index contributed by atoms with van der Waals surface area (Å²) in [6, 6.07) is 11.4. The quantitative estimate of drug-likeness (QED) is 0.531. The number of esters is 1. The molecule has 3 rings (SSSR count). The maximum absolute atomic E-state index is 12.4. The van der Waals surface area contributed by atoms with E-state index in [1.54, 1.807) is 37.3 Å². The van der Waals surface area contributed by atoms with E-state index in [0.717, 1.165) is 5.56 Å². The van der Waals surface area contributed by atoms with E-state index < -0.39 is 22.9 Å². The van der Waals surface area contributed by atoms with E-state index in [2.05, 4.69) is 5.32 Å². The van der Waals surface area contributed by atoms with Gasteiger partial charge in [-0.15, -0.1) is 0 Å². The molecule has 24 heavy (non-hydrogen) atoms. The van der Waals surface area contributed by atoms with Crippen LogP contribution in [0, 0.1) is 17.0 Å². The van der Waals surface area contributed by atoms with Crippen molar-refractivity contribution >= 4 is 23.3 Å². The predicted molar refractivity (Wildman–Crippen MR) is 85.8 cm³/mol. The van der Waals surface area contributed by atoms with Gasteiger partial charge in [0, 0.05) is 12.5 Å². The highest BCUT2D eigenvalue weighted by Gasteiger charge is 2.31. The standard InChI is InChI=1S/C17H14N2O5/c1-10-13(7-4-8-14(10)19(22)23)18-16(20)15-9-11-5-2-3-6-12(11)17(21)24-15/h2-8,15H,9H2,1H3,(H,18,20). The van der Waals surface area contributed by atoms with Gasteiger partial charge >= 0.3 is 5.97 Å². The molecule has 1 heterocycles. The minimum absolute atomic E-state index is 0.0845. The topological polar surface area (TPSA) is 98.5 Å². The molecule has 0 saturated carbocycles. The number of fused-ring (bicyclic) bond motifs is 1. The highest BCUT2D eigenvalue weighted by Crippen LogP contribution is 2.26. The Morgan fingerprint density at radius 3 is 2.75 bits per heavy atom. The van der Waals surface area contributed by atoms with Crippen LogP contribution in [0.1, 0.15) is 21.5 Å². The number of benzene rings is 2. The summed E-state index contributed by atoms with van der Waals surface area (Å²) in [5, 5.41) is 13.6. The zero-order valence-electron chi connectivity index (χ0n) is 12.8. The summed E-state index contributed by atoms with van der Waals surface area (Å²) in [5.41, 5.74) is 1.78. The molecule has 1 unspecified atom stereocenters. The lowest BCUT2D eigenvalue weighted by Crippen LogP contribution is -2.38. The highest BCUT2D eigenvalue weighted by atomic mass is 16.6. The van der Waals surface area contributed by atoms with Gasteiger partial charge in [0.15, 0.2) is 6.10 Å².